The van der Waals surface area contributed by atoms with Gasteiger partial charge in [-0.25, -0.2) is 0 Å². The third kappa shape index (κ3) is 3.72. The summed E-state index contributed by atoms with van der Waals surface area (Å²) in [5.41, 5.74) is 3.92. The van der Waals surface area contributed by atoms with Crippen molar-refractivity contribution in [1.29, 1.82) is 0 Å². The number of hydrogen-bond acceptors (Lipinski definition) is 2. The molecule has 1 N–H and O–H groups in total. The molecule has 0 bridgehead atoms. The van der Waals surface area contributed by atoms with Crippen molar-refractivity contribution < 1.29 is 4.79 Å². The molecule has 2 aromatic carbocycles. The van der Waals surface area contributed by atoms with E-state index in [0.29, 0.717) is 5.75 Å². The molecule has 114 valence electrons. The van der Waals surface area contributed by atoms with Gasteiger partial charge in [-0.2, -0.15) is 0 Å². The highest BCUT2D eigenvalue weighted by molar-refractivity contribution is 8.00. The van der Waals surface area contributed by atoms with Gasteiger partial charge < -0.3 is 5.32 Å². The molecule has 1 amide bonds. The predicted octanol–water partition coefficient (Wildman–Crippen LogP) is 4.28. The normalized spacial score (nSPS) is 16.9. The summed E-state index contributed by atoms with van der Waals surface area (Å²) in [7, 11) is 0. The van der Waals surface area contributed by atoms with Crippen LogP contribution < -0.4 is 5.32 Å². The predicted molar refractivity (Wildman–Crippen MR) is 92.2 cm³/mol. The van der Waals surface area contributed by atoms with Gasteiger partial charge in [0.25, 0.3) is 0 Å². The molecule has 0 aliphatic heterocycles. The Morgan fingerprint density at radius 3 is 2.77 bits per heavy atom. The Hall–Kier alpha value is -1.74. The third-order valence-electron chi connectivity index (χ3n) is 4.10. The summed E-state index contributed by atoms with van der Waals surface area (Å²) in [5, 5.41) is 3.20. The maximum Gasteiger partial charge on any atom is 0.230 e. The number of thioether (sulfide) groups is 1. The van der Waals surface area contributed by atoms with Gasteiger partial charge in [0.05, 0.1) is 11.8 Å². The monoisotopic (exact) mass is 311 g/mol. The number of carbonyl (C=O) groups is 1. The molecule has 0 fully saturated rings. The smallest absolute Gasteiger partial charge is 0.230 e. The molecule has 2 aromatic rings. The van der Waals surface area contributed by atoms with Crippen LogP contribution in [0.2, 0.25) is 0 Å². The van der Waals surface area contributed by atoms with Crippen LogP contribution in [-0.4, -0.2) is 11.7 Å². The quantitative estimate of drug-likeness (QED) is 0.854. The summed E-state index contributed by atoms with van der Waals surface area (Å²) in [6, 6.07) is 16.9. The fourth-order valence-electron chi connectivity index (χ4n) is 2.92. The largest absolute Gasteiger partial charge is 0.349 e. The van der Waals surface area contributed by atoms with Crippen molar-refractivity contribution in [3.63, 3.8) is 0 Å². The van der Waals surface area contributed by atoms with Gasteiger partial charge in [-0.1, -0.05) is 42.0 Å². The van der Waals surface area contributed by atoms with E-state index >= 15 is 0 Å². The minimum Gasteiger partial charge on any atom is -0.349 e. The van der Waals surface area contributed by atoms with Crippen LogP contribution in [0.25, 0.3) is 0 Å². The lowest BCUT2D eigenvalue weighted by molar-refractivity contribution is -0.119. The Labute approximate surface area is 136 Å². The Balaban J connectivity index is 1.57. The number of carbonyl (C=O) groups excluding carboxylic acids is 1. The van der Waals surface area contributed by atoms with Crippen LogP contribution in [0, 0.1) is 6.92 Å². The second kappa shape index (κ2) is 7.01. The number of rotatable bonds is 4. The highest BCUT2D eigenvalue weighted by Gasteiger charge is 2.21. The van der Waals surface area contributed by atoms with Crippen molar-refractivity contribution in [3.8, 4) is 0 Å². The van der Waals surface area contributed by atoms with Crippen LogP contribution in [0.15, 0.2) is 53.4 Å². The minimum absolute atomic E-state index is 0.118. The van der Waals surface area contributed by atoms with E-state index in [-0.39, 0.29) is 11.9 Å². The summed E-state index contributed by atoms with van der Waals surface area (Å²) in [6.45, 7) is 2.07. The van der Waals surface area contributed by atoms with Crippen LogP contribution in [0.5, 0.6) is 0 Å². The summed E-state index contributed by atoms with van der Waals surface area (Å²) < 4.78 is 0. The number of nitrogens with one attached hydrogen (secondary N) is 1. The first kappa shape index (κ1) is 15.2. The Kier molecular flexibility index (Phi) is 4.84. The molecule has 0 radical (unpaired) electrons. The Bertz CT molecular complexity index is 651. The molecular weight excluding hydrogens is 290 g/mol. The fraction of sp³-hybridized carbons (Fsp3) is 0.316. The van der Waals surface area contributed by atoms with E-state index in [4.69, 9.17) is 0 Å². The van der Waals surface area contributed by atoms with Gasteiger partial charge >= 0.3 is 0 Å². The van der Waals surface area contributed by atoms with Gasteiger partial charge in [-0.15, -0.1) is 11.8 Å². The highest BCUT2D eigenvalue weighted by atomic mass is 32.2. The zero-order chi connectivity index (χ0) is 15.4. The average Bonchev–Trinajstić information content (AvgIpc) is 2.55. The van der Waals surface area contributed by atoms with Gasteiger partial charge in [0.2, 0.25) is 5.91 Å². The standard InChI is InChI=1S/C19H21NOS/c1-14-9-11-16(12-10-14)22-13-19(21)20-18-8-4-6-15-5-2-3-7-17(15)18/h2-3,5,7,9-12,18H,4,6,8,13H2,1H3,(H,20,21)/t18-/m1/s1. The van der Waals surface area contributed by atoms with Gasteiger partial charge in [0.1, 0.15) is 0 Å². The van der Waals surface area contributed by atoms with Crippen molar-refractivity contribution in [1.82, 2.24) is 5.32 Å². The molecule has 1 atom stereocenters. The van der Waals surface area contributed by atoms with E-state index in [1.165, 1.54) is 16.7 Å². The molecule has 0 spiro atoms. The lowest BCUT2D eigenvalue weighted by Crippen LogP contribution is -2.32. The number of fused-ring (bicyclic) bond motifs is 1. The second-order valence-electron chi connectivity index (χ2n) is 5.81. The van der Waals surface area contributed by atoms with E-state index in [1.807, 2.05) is 0 Å². The second-order valence-corrected chi connectivity index (χ2v) is 6.86. The van der Waals surface area contributed by atoms with E-state index in [0.717, 1.165) is 24.2 Å². The van der Waals surface area contributed by atoms with E-state index in [2.05, 4.69) is 60.8 Å². The topological polar surface area (TPSA) is 29.1 Å². The summed E-state index contributed by atoms with van der Waals surface area (Å²) in [5.74, 6) is 0.592. The van der Waals surface area contributed by atoms with Crippen LogP contribution in [0.1, 0.15) is 35.6 Å². The van der Waals surface area contributed by atoms with Crippen molar-refractivity contribution in [2.45, 2.75) is 37.1 Å². The first-order chi connectivity index (χ1) is 10.7. The van der Waals surface area contributed by atoms with E-state index in [1.54, 1.807) is 11.8 Å². The molecular formula is C19H21NOS. The minimum atomic E-state index is 0.118. The molecule has 3 rings (SSSR count). The van der Waals surface area contributed by atoms with Crippen molar-refractivity contribution in [2.24, 2.45) is 0 Å². The molecule has 0 heterocycles. The van der Waals surface area contributed by atoms with Crippen molar-refractivity contribution >= 4 is 17.7 Å². The highest BCUT2D eigenvalue weighted by Crippen LogP contribution is 2.29. The van der Waals surface area contributed by atoms with Crippen LogP contribution in [-0.2, 0) is 11.2 Å². The van der Waals surface area contributed by atoms with E-state index < -0.39 is 0 Å². The van der Waals surface area contributed by atoms with Crippen LogP contribution >= 0.6 is 11.8 Å². The zero-order valence-corrected chi connectivity index (χ0v) is 13.7. The molecule has 1 aliphatic carbocycles. The summed E-state index contributed by atoms with van der Waals surface area (Å²) in [6.07, 6.45) is 3.31. The molecule has 0 saturated heterocycles. The molecule has 3 heteroatoms. The van der Waals surface area contributed by atoms with E-state index in [9.17, 15) is 4.79 Å². The molecule has 0 saturated carbocycles. The molecule has 0 unspecified atom stereocenters. The molecule has 22 heavy (non-hydrogen) atoms. The summed E-state index contributed by atoms with van der Waals surface area (Å²) >= 11 is 1.60. The van der Waals surface area contributed by atoms with Crippen molar-refractivity contribution in [3.05, 3.63) is 65.2 Å². The maximum absolute atomic E-state index is 12.2. The van der Waals surface area contributed by atoms with Crippen LogP contribution in [0.3, 0.4) is 0 Å². The summed E-state index contributed by atoms with van der Waals surface area (Å²) in [4.78, 5) is 13.4. The van der Waals surface area contributed by atoms with Gasteiger partial charge in [0.15, 0.2) is 0 Å². The molecule has 1 aliphatic rings. The maximum atomic E-state index is 12.2. The average molecular weight is 311 g/mol. The van der Waals surface area contributed by atoms with Crippen LogP contribution in [0.4, 0.5) is 0 Å². The number of hydrogen-bond donors (Lipinski definition) is 1. The first-order valence-corrected chi connectivity index (χ1v) is 8.77. The number of benzene rings is 2. The fourth-order valence-corrected chi connectivity index (χ4v) is 3.63. The zero-order valence-electron chi connectivity index (χ0n) is 12.8. The van der Waals surface area contributed by atoms with Gasteiger partial charge in [-0.05, 0) is 49.4 Å². The lowest BCUT2D eigenvalue weighted by atomic mass is 9.88. The number of aryl methyl sites for hydroxylation is 2. The Morgan fingerprint density at radius 2 is 1.95 bits per heavy atom. The van der Waals surface area contributed by atoms with Gasteiger partial charge in [-0.3, -0.25) is 4.79 Å². The lowest BCUT2D eigenvalue weighted by Gasteiger charge is -2.26. The number of amides is 1. The molecule has 2 nitrogen and oxygen atoms in total. The van der Waals surface area contributed by atoms with Crippen molar-refractivity contribution in [2.75, 3.05) is 5.75 Å². The SMILES string of the molecule is Cc1ccc(SCC(=O)N[C@@H]2CCCc3ccccc32)cc1. The van der Waals surface area contributed by atoms with Gasteiger partial charge in [0, 0.05) is 4.90 Å². The third-order valence-corrected chi connectivity index (χ3v) is 5.11. The molecule has 0 aromatic heterocycles. The Morgan fingerprint density at radius 1 is 1.18 bits per heavy atom. The first-order valence-electron chi connectivity index (χ1n) is 7.79.